The van der Waals surface area contributed by atoms with Crippen LogP contribution in [0.1, 0.15) is 19.4 Å². The number of fused-ring (bicyclic) bond motifs is 2. The monoisotopic (exact) mass is 632 g/mol. The maximum Gasteiger partial charge on any atom is 0.200 e. The zero-order valence-corrected chi connectivity index (χ0v) is 26.2. The first-order valence-electron chi connectivity index (χ1n) is 15.3. The Labute approximate surface area is 270 Å². The number of epoxide rings is 1. The number of aryl methyl sites for hydroxylation is 1. The fourth-order valence-corrected chi connectivity index (χ4v) is 5.37. The van der Waals surface area contributed by atoms with Gasteiger partial charge in [0.2, 0.25) is 5.43 Å². The second-order valence-corrected chi connectivity index (χ2v) is 12.4. The number of hydrogen-bond donors (Lipinski definition) is 2. The van der Waals surface area contributed by atoms with Gasteiger partial charge in [-0.3, -0.25) is 9.78 Å². The van der Waals surface area contributed by atoms with Crippen LogP contribution in [0.15, 0.2) is 96.2 Å². The zero-order valence-electron chi connectivity index (χ0n) is 26.2. The highest BCUT2D eigenvalue weighted by Gasteiger charge is 2.25. The Balaban J connectivity index is 1.19. The molecule has 0 aliphatic carbocycles. The Morgan fingerprint density at radius 2 is 1.81 bits per heavy atom. The summed E-state index contributed by atoms with van der Waals surface area (Å²) < 4.78 is 34.7. The topological polar surface area (TPSA) is 111 Å². The smallest absolute Gasteiger partial charge is 0.200 e. The summed E-state index contributed by atoms with van der Waals surface area (Å²) in [6.45, 7) is 6.71. The summed E-state index contributed by atoms with van der Waals surface area (Å²) in [6, 6.07) is 21.1. The number of aromatic nitrogens is 3. The quantitative estimate of drug-likeness (QED) is 0.153. The number of halogens is 1. The van der Waals surface area contributed by atoms with Gasteiger partial charge in [0.1, 0.15) is 23.9 Å². The van der Waals surface area contributed by atoms with E-state index >= 15 is 4.39 Å². The largest absolute Gasteiger partial charge is 0.491 e. The van der Waals surface area contributed by atoms with Crippen LogP contribution >= 0.6 is 0 Å². The molecule has 7 rings (SSSR count). The Morgan fingerprint density at radius 3 is 2.55 bits per heavy atom. The lowest BCUT2D eigenvalue weighted by molar-refractivity contribution is 0.0285. The van der Waals surface area contributed by atoms with Gasteiger partial charge in [-0.15, -0.1) is 0 Å². The Hall–Kier alpha value is -5.32. The van der Waals surface area contributed by atoms with E-state index in [-0.39, 0.29) is 23.9 Å². The molecule has 0 radical (unpaired) electrons. The van der Waals surface area contributed by atoms with Gasteiger partial charge in [-0.1, -0.05) is 29.8 Å². The number of pyridine rings is 3. The fraction of sp³-hybridized carbons (Fsp3) is 0.216. The Kier molecular flexibility index (Phi) is 7.83. The first-order valence-corrected chi connectivity index (χ1v) is 15.3. The molecule has 1 aliphatic rings. The highest BCUT2D eigenvalue weighted by molar-refractivity contribution is 5.94. The SMILES string of the molecule is Cc1ccc(-c2cn(CC3CO3)c3ccnc(Nc4ccc(Oc5ccnc6cc(OCC(C)(C)O)ccc56)c(F)c4)c3c2=O)cc1. The normalized spacial score (nSPS) is 14.4. The van der Waals surface area contributed by atoms with Crippen LogP contribution in [-0.2, 0) is 11.3 Å². The van der Waals surface area contributed by atoms with Crippen LogP contribution in [0.2, 0.25) is 0 Å². The third-order valence-electron chi connectivity index (χ3n) is 7.84. The van der Waals surface area contributed by atoms with Crippen molar-refractivity contribution >= 4 is 33.3 Å². The molecule has 1 saturated heterocycles. The standard InChI is InChI=1S/C37H33FN4O5/c1-22-4-6-23(7-5-22)28-19-42(18-26-20-45-26)31-12-14-40-36(34(31)35(28)43)41-24-8-11-33(29(38)16-24)47-32-13-15-39-30-17-25(9-10-27(30)32)46-21-37(2,3)44/h4-17,19,26,44H,18,20-21H2,1-3H3,(H,40,41). The first kappa shape index (κ1) is 30.3. The van der Waals surface area contributed by atoms with Crippen LogP contribution in [-0.4, -0.2) is 44.6 Å². The summed E-state index contributed by atoms with van der Waals surface area (Å²) >= 11 is 0. The average molecular weight is 633 g/mol. The molecular weight excluding hydrogens is 599 g/mol. The minimum Gasteiger partial charge on any atom is -0.491 e. The van der Waals surface area contributed by atoms with E-state index in [2.05, 4.69) is 15.3 Å². The lowest BCUT2D eigenvalue weighted by Crippen LogP contribution is -2.27. The van der Waals surface area contributed by atoms with Crippen molar-refractivity contribution in [1.29, 1.82) is 0 Å². The van der Waals surface area contributed by atoms with Gasteiger partial charge < -0.3 is 29.2 Å². The van der Waals surface area contributed by atoms with Gasteiger partial charge in [0.05, 0.1) is 41.3 Å². The second kappa shape index (κ2) is 12.1. The van der Waals surface area contributed by atoms with Crippen molar-refractivity contribution < 1.29 is 23.7 Å². The maximum atomic E-state index is 15.5. The van der Waals surface area contributed by atoms with Crippen LogP contribution in [0.4, 0.5) is 15.9 Å². The predicted molar refractivity (Wildman–Crippen MR) is 179 cm³/mol. The number of hydrogen-bond acceptors (Lipinski definition) is 8. The van der Waals surface area contributed by atoms with Crippen molar-refractivity contribution in [3.8, 4) is 28.4 Å². The molecular formula is C37H33FN4O5. The molecule has 3 aromatic carbocycles. The van der Waals surface area contributed by atoms with Gasteiger partial charge in [0.25, 0.3) is 0 Å². The van der Waals surface area contributed by atoms with E-state index in [1.807, 2.05) is 48.0 Å². The van der Waals surface area contributed by atoms with Crippen molar-refractivity contribution in [2.24, 2.45) is 0 Å². The van der Waals surface area contributed by atoms with Crippen molar-refractivity contribution in [3.05, 3.63) is 113 Å². The predicted octanol–water partition coefficient (Wildman–Crippen LogP) is 7.14. The Morgan fingerprint density at radius 1 is 1.02 bits per heavy atom. The molecule has 0 saturated carbocycles. The molecule has 1 unspecified atom stereocenters. The summed E-state index contributed by atoms with van der Waals surface area (Å²) in [6.07, 6.45) is 5.16. The van der Waals surface area contributed by atoms with E-state index < -0.39 is 11.4 Å². The number of anilines is 2. The summed E-state index contributed by atoms with van der Waals surface area (Å²) in [5.74, 6) is 0.705. The molecule has 0 amide bonds. The van der Waals surface area contributed by atoms with E-state index in [9.17, 15) is 9.90 Å². The van der Waals surface area contributed by atoms with Crippen LogP contribution in [0.25, 0.3) is 32.9 Å². The first-order chi connectivity index (χ1) is 22.6. The molecule has 1 aliphatic heterocycles. The number of nitrogens with zero attached hydrogens (tertiary/aromatic N) is 3. The van der Waals surface area contributed by atoms with E-state index in [4.69, 9.17) is 14.2 Å². The zero-order chi connectivity index (χ0) is 32.7. The van der Waals surface area contributed by atoms with Gasteiger partial charge in [-0.2, -0.15) is 0 Å². The summed E-state index contributed by atoms with van der Waals surface area (Å²) in [7, 11) is 0. The van der Waals surface area contributed by atoms with Crippen molar-refractivity contribution in [3.63, 3.8) is 0 Å². The minimum absolute atomic E-state index is 0.0183. The van der Waals surface area contributed by atoms with E-state index in [0.29, 0.717) is 63.5 Å². The lowest BCUT2D eigenvalue weighted by Gasteiger charge is -2.18. The minimum atomic E-state index is -0.982. The number of rotatable bonds is 10. The van der Waals surface area contributed by atoms with E-state index in [0.717, 1.165) is 11.1 Å². The number of benzene rings is 3. The molecule has 1 atom stereocenters. The molecule has 3 aromatic heterocycles. The molecule has 2 N–H and O–H groups in total. The number of ether oxygens (including phenoxy) is 3. The number of nitrogens with one attached hydrogen (secondary N) is 1. The molecule has 10 heteroatoms. The molecule has 9 nitrogen and oxygen atoms in total. The van der Waals surface area contributed by atoms with Gasteiger partial charge in [0.15, 0.2) is 11.6 Å². The molecule has 4 heterocycles. The summed E-state index contributed by atoms with van der Waals surface area (Å²) in [4.78, 5) is 22.9. The molecule has 47 heavy (non-hydrogen) atoms. The van der Waals surface area contributed by atoms with Crippen LogP contribution < -0.4 is 20.2 Å². The molecule has 1 fully saturated rings. The second-order valence-electron chi connectivity index (χ2n) is 12.4. The van der Waals surface area contributed by atoms with Gasteiger partial charge >= 0.3 is 0 Å². The third-order valence-corrected chi connectivity index (χ3v) is 7.84. The van der Waals surface area contributed by atoms with Crippen LogP contribution in [0, 0.1) is 12.7 Å². The summed E-state index contributed by atoms with van der Waals surface area (Å²) in [5.41, 5.74) is 2.99. The van der Waals surface area contributed by atoms with Gasteiger partial charge in [0, 0.05) is 47.4 Å². The van der Waals surface area contributed by atoms with Crippen LogP contribution in [0.5, 0.6) is 17.2 Å². The van der Waals surface area contributed by atoms with E-state index in [1.165, 1.54) is 12.1 Å². The average Bonchev–Trinajstić information content (AvgIpc) is 3.87. The highest BCUT2D eigenvalue weighted by atomic mass is 19.1. The molecule has 0 bridgehead atoms. The van der Waals surface area contributed by atoms with Crippen molar-refractivity contribution in [2.75, 3.05) is 18.5 Å². The molecule has 238 valence electrons. The summed E-state index contributed by atoms with van der Waals surface area (Å²) in [5, 5.41) is 14.2. The molecule has 6 aromatic rings. The van der Waals surface area contributed by atoms with Crippen molar-refractivity contribution in [1.82, 2.24) is 14.5 Å². The Bertz CT molecular complexity index is 2170. The highest BCUT2D eigenvalue weighted by Crippen LogP contribution is 2.34. The van der Waals surface area contributed by atoms with Crippen LogP contribution in [0.3, 0.4) is 0 Å². The molecule has 0 spiro atoms. The van der Waals surface area contributed by atoms with E-state index in [1.54, 1.807) is 56.6 Å². The van der Waals surface area contributed by atoms with Gasteiger partial charge in [-0.25, -0.2) is 9.37 Å². The number of aliphatic hydroxyl groups is 1. The van der Waals surface area contributed by atoms with Crippen molar-refractivity contribution in [2.45, 2.75) is 39.0 Å². The third kappa shape index (κ3) is 6.65. The lowest BCUT2D eigenvalue weighted by atomic mass is 10.0. The fourth-order valence-electron chi connectivity index (χ4n) is 5.37. The van der Waals surface area contributed by atoms with Gasteiger partial charge in [-0.05, 0) is 62.7 Å². The maximum absolute atomic E-state index is 15.5.